The summed E-state index contributed by atoms with van der Waals surface area (Å²) in [6, 6.07) is 7.24. The third-order valence-electron chi connectivity index (χ3n) is 3.04. The van der Waals surface area contributed by atoms with Crippen LogP contribution < -0.4 is 10.1 Å². The molecule has 1 aliphatic carbocycles. The molecule has 2 nitrogen and oxygen atoms in total. The Morgan fingerprint density at radius 3 is 2.65 bits per heavy atom. The number of halogens is 1. The molecular formula is C14H20FNO. The van der Waals surface area contributed by atoms with E-state index in [1.807, 2.05) is 0 Å². The van der Waals surface area contributed by atoms with Crippen molar-refractivity contribution in [2.75, 3.05) is 6.54 Å². The van der Waals surface area contributed by atoms with Crippen LogP contribution in [0, 0.1) is 11.7 Å². The number of hydrogen-bond acceptors (Lipinski definition) is 2. The third-order valence-corrected chi connectivity index (χ3v) is 3.04. The molecule has 1 atom stereocenters. The fourth-order valence-electron chi connectivity index (χ4n) is 1.69. The summed E-state index contributed by atoms with van der Waals surface area (Å²) in [5.41, 5.74) is 0. The minimum Gasteiger partial charge on any atom is -0.486 e. The van der Waals surface area contributed by atoms with Crippen molar-refractivity contribution in [2.24, 2.45) is 5.92 Å². The summed E-state index contributed by atoms with van der Waals surface area (Å²) in [5.74, 6) is 0.425. The van der Waals surface area contributed by atoms with E-state index in [2.05, 4.69) is 19.2 Å². The van der Waals surface area contributed by atoms with Gasteiger partial charge >= 0.3 is 0 Å². The van der Waals surface area contributed by atoms with Gasteiger partial charge in [-0.2, -0.15) is 0 Å². The lowest BCUT2D eigenvalue weighted by Gasteiger charge is -2.23. The zero-order valence-corrected chi connectivity index (χ0v) is 10.4. The minimum atomic E-state index is -0.287. The Kier molecular flexibility index (Phi) is 4.00. The number of para-hydroxylation sites is 1. The van der Waals surface area contributed by atoms with Crippen LogP contribution in [0.4, 0.5) is 4.39 Å². The highest BCUT2D eigenvalue weighted by atomic mass is 19.1. The molecule has 0 radical (unpaired) electrons. The summed E-state index contributed by atoms with van der Waals surface area (Å²) < 4.78 is 19.2. The maximum atomic E-state index is 13.5. The molecule has 2 rings (SSSR count). The van der Waals surface area contributed by atoms with Gasteiger partial charge < -0.3 is 10.1 Å². The van der Waals surface area contributed by atoms with Gasteiger partial charge in [-0.05, 0) is 30.9 Å². The summed E-state index contributed by atoms with van der Waals surface area (Å²) in [6.07, 6.45) is 2.53. The predicted octanol–water partition coefficient (Wildman–Crippen LogP) is 2.98. The molecule has 3 heteroatoms. The second kappa shape index (κ2) is 5.50. The molecule has 0 bridgehead atoms. The van der Waals surface area contributed by atoms with Gasteiger partial charge in [0.25, 0.3) is 0 Å². The Labute approximate surface area is 102 Å². The van der Waals surface area contributed by atoms with Crippen LogP contribution in [0.2, 0.25) is 0 Å². The predicted molar refractivity (Wildman–Crippen MR) is 66.7 cm³/mol. The first kappa shape index (κ1) is 12.4. The average Bonchev–Trinajstić information content (AvgIpc) is 3.10. The summed E-state index contributed by atoms with van der Waals surface area (Å²) in [6.45, 7) is 4.98. The van der Waals surface area contributed by atoms with Crippen LogP contribution in [0.3, 0.4) is 0 Å². The maximum absolute atomic E-state index is 13.5. The summed E-state index contributed by atoms with van der Waals surface area (Å²) in [4.78, 5) is 0. The number of benzene rings is 1. The van der Waals surface area contributed by atoms with E-state index in [0.29, 0.717) is 17.7 Å². The smallest absolute Gasteiger partial charge is 0.165 e. The van der Waals surface area contributed by atoms with E-state index < -0.39 is 0 Å². The van der Waals surface area contributed by atoms with Gasteiger partial charge in [-0.3, -0.25) is 0 Å². The van der Waals surface area contributed by atoms with Crippen LogP contribution >= 0.6 is 0 Å². The molecule has 1 aromatic carbocycles. The van der Waals surface area contributed by atoms with Crippen molar-refractivity contribution >= 4 is 0 Å². The van der Waals surface area contributed by atoms with Crippen molar-refractivity contribution in [3.8, 4) is 5.75 Å². The Morgan fingerprint density at radius 1 is 1.35 bits per heavy atom. The highest BCUT2D eigenvalue weighted by Gasteiger charge is 2.24. The van der Waals surface area contributed by atoms with Crippen molar-refractivity contribution in [2.45, 2.75) is 38.8 Å². The molecular weight excluding hydrogens is 217 g/mol. The lowest BCUT2D eigenvalue weighted by Crippen LogP contribution is -2.36. The number of nitrogens with one attached hydrogen (secondary N) is 1. The number of hydrogen-bond donors (Lipinski definition) is 1. The lowest BCUT2D eigenvalue weighted by atomic mass is 10.1. The highest BCUT2D eigenvalue weighted by Crippen LogP contribution is 2.22. The van der Waals surface area contributed by atoms with E-state index in [-0.39, 0.29) is 11.9 Å². The van der Waals surface area contributed by atoms with Gasteiger partial charge in [-0.25, -0.2) is 4.39 Å². The standard InChI is InChI=1S/C14H20FNO/c1-10(2)14(9-16-11-7-8-11)17-13-6-4-3-5-12(13)15/h3-6,10-11,14,16H,7-9H2,1-2H3. The zero-order valence-electron chi connectivity index (χ0n) is 10.4. The molecule has 1 aromatic rings. The topological polar surface area (TPSA) is 21.3 Å². The normalized spacial score (nSPS) is 17.2. The first-order valence-electron chi connectivity index (χ1n) is 6.31. The molecule has 0 aromatic heterocycles. The molecule has 94 valence electrons. The van der Waals surface area contributed by atoms with Gasteiger partial charge in [0, 0.05) is 12.6 Å². The number of rotatable bonds is 6. The molecule has 1 saturated carbocycles. The Balaban J connectivity index is 1.93. The Morgan fingerprint density at radius 2 is 2.06 bits per heavy atom. The first-order chi connectivity index (χ1) is 8.16. The highest BCUT2D eigenvalue weighted by molar-refractivity contribution is 5.24. The van der Waals surface area contributed by atoms with Crippen molar-refractivity contribution < 1.29 is 9.13 Å². The van der Waals surface area contributed by atoms with Gasteiger partial charge in [0.05, 0.1) is 0 Å². The fourth-order valence-corrected chi connectivity index (χ4v) is 1.69. The summed E-state index contributed by atoms with van der Waals surface area (Å²) >= 11 is 0. The van der Waals surface area contributed by atoms with Crippen LogP contribution in [-0.2, 0) is 0 Å². The molecule has 1 unspecified atom stereocenters. The molecule has 0 aliphatic heterocycles. The second-order valence-corrected chi connectivity index (χ2v) is 5.01. The first-order valence-corrected chi connectivity index (χ1v) is 6.31. The maximum Gasteiger partial charge on any atom is 0.165 e. The summed E-state index contributed by atoms with van der Waals surface area (Å²) in [7, 11) is 0. The van der Waals surface area contributed by atoms with Crippen LogP contribution in [-0.4, -0.2) is 18.7 Å². The SMILES string of the molecule is CC(C)C(CNC1CC1)Oc1ccccc1F. The van der Waals surface area contributed by atoms with Gasteiger partial charge in [0.15, 0.2) is 11.6 Å². The van der Waals surface area contributed by atoms with Crippen LogP contribution in [0.25, 0.3) is 0 Å². The second-order valence-electron chi connectivity index (χ2n) is 5.01. The van der Waals surface area contributed by atoms with Gasteiger partial charge in [-0.15, -0.1) is 0 Å². The van der Waals surface area contributed by atoms with Gasteiger partial charge in [0.1, 0.15) is 6.10 Å². The Bertz CT molecular complexity index is 363. The van der Waals surface area contributed by atoms with Gasteiger partial charge in [0.2, 0.25) is 0 Å². The molecule has 1 N–H and O–H groups in total. The van der Waals surface area contributed by atoms with E-state index in [4.69, 9.17) is 4.74 Å². The molecule has 1 aliphatic rings. The van der Waals surface area contributed by atoms with Crippen molar-refractivity contribution in [3.05, 3.63) is 30.1 Å². The van der Waals surface area contributed by atoms with Crippen LogP contribution in [0.1, 0.15) is 26.7 Å². The Hall–Kier alpha value is -1.09. The molecule has 0 heterocycles. The molecule has 0 saturated heterocycles. The van der Waals surface area contributed by atoms with Gasteiger partial charge in [-0.1, -0.05) is 26.0 Å². The molecule has 0 spiro atoms. The van der Waals surface area contributed by atoms with E-state index in [9.17, 15) is 4.39 Å². The third kappa shape index (κ3) is 3.70. The zero-order chi connectivity index (χ0) is 12.3. The van der Waals surface area contributed by atoms with Crippen molar-refractivity contribution in [3.63, 3.8) is 0 Å². The summed E-state index contributed by atoms with van der Waals surface area (Å²) in [5, 5.41) is 3.43. The largest absolute Gasteiger partial charge is 0.486 e. The van der Waals surface area contributed by atoms with Crippen LogP contribution in [0.15, 0.2) is 24.3 Å². The van der Waals surface area contributed by atoms with Crippen molar-refractivity contribution in [1.29, 1.82) is 0 Å². The number of ether oxygens (including phenoxy) is 1. The molecule has 0 amide bonds. The minimum absolute atomic E-state index is 0.0208. The fraction of sp³-hybridized carbons (Fsp3) is 0.571. The van der Waals surface area contributed by atoms with E-state index in [1.54, 1.807) is 18.2 Å². The van der Waals surface area contributed by atoms with E-state index >= 15 is 0 Å². The van der Waals surface area contributed by atoms with Crippen LogP contribution in [0.5, 0.6) is 5.75 Å². The lowest BCUT2D eigenvalue weighted by molar-refractivity contribution is 0.142. The van der Waals surface area contributed by atoms with E-state index in [0.717, 1.165) is 6.54 Å². The monoisotopic (exact) mass is 237 g/mol. The molecule has 17 heavy (non-hydrogen) atoms. The quantitative estimate of drug-likeness (QED) is 0.821. The average molecular weight is 237 g/mol. The van der Waals surface area contributed by atoms with Crippen molar-refractivity contribution in [1.82, 2.24) is 5.32 Å². The molecule has 1 fully saturated rings. The van der Waals surface area contributed by atoms with E-state index in [1.165, 1.54) is 18.9 Å².